The monoisotopic (exact) mass is 393 g/mol. The van der Waals surface area contributed by atoms with Crippen LogP contribution in [0.2, 0.25) is 0 Å². The van der Waals surface area contributed by atoms with Crippen molar-refractivity contribution in [2.24, 2.45) is 0 Å². The fourth-order valence-corrected chi connectivity index (χ4v) is 2.68. The Bertz CT molecular complexity index is 215. The lowest BCUT2D eigenvalue weighted by molar-refractivity contribution is -0.898. The molecule has 0 aliphatic rings. The van der Waals surface area contributed by atoms with Crippen LogP contribution in [0, 0.1) is 0 Å². The molecule has 20 heavy (non-hydrogen) atoms. The van der Waals surface area contributed by atoms with E-state index in [0.717, 1.165) is 17.6 Å². The van der Waals surface area contributed by atoms with E-state index in [2.05, 4.69) is 27.1 Å². The average Bonchev–Trinajstić information content (AvgIpc) is 2.37. The summed E-state index contributed by atoms with van der Waals surface area (Å²) < 4.78 is 1.07. The highest BCUT2D eigenvalue weighted by Crippen LogP contribution is 2.12. The summed E-state index contributed by atoms with van der Waals surface area (Å²) in [6, 6.07) is 0. The van der Waals surface area contributed by atoms with Gasteiger partial charge in [-0.1, -0.05) is 65.0 Å². The van der Waals surface area contributed by atoms with Gasteiger partial charge in [0.2, 0.25) is 0 Å². The Morgan fingerprint density at radius 2 is 1.15 bits per heavy atom. The number of unbranched alkanes of at least 4 members (excludes halogenated alkanes) is 8. The number of quaternary nitrogens is 1. The Morgan fingerprint density at radius 3 is 1.55 bits per heavy atom. The predicted octanol–water partition coefficient (Wildman–Crippen LogP) is 2.34. The van der Waals surface area contributed by atoms with Crippen LogP contribution in [0.1, 0.15) is 64.7 Å². The first-order chi connectivity index (χ1) is 9.18. The summed E-state index contributed by atoms with van der Waals surface area (Å²) in [7, 11) is 2.31. The van der Waals surface area contributed by atoms with E-state index >= 15 is 0 Å². The third-order valence-electron chi connectivity index (χ3n) is 3.94. The van der Waals surface area contributed by atoms with Gasteiger partial charge in [0.25, 0.3) is 0 Å². The fourth-order valence-electron chi connectivity index (χ4n) is 2.68. The Hall–Kier alpha value is 0.170. The van der Waals surface area contributed by atoms with Gasteiger partial charge in [0.05, 0.1) is 26.7 Å². The molecule has 0 aromatic heterocycles. The first-order valence-electron chi connectivity index (χ1n) is 8.24. The van der Waals surface area contributed by atoms with Crippen LogP contribution in [0.25, 0.3) is 0 Å². The minimum absolute atomic E-state index is 0. The van der Waals surface area contributed by atoms with Gasteiger partial charge >= 0.3 is 0 Å². The van der Waals surface area contributed by atoms with E-state index in [1.807, 2.05) is 12.2 Å². The van der Waals surface area contributed by atoms with Crippen molar-refractivity contribution in [3.63, 3.8) is 0 Å². The SMILES string of the molecule is C=CC[N+](C)(CC=C)CCCCCCCCCCC.[I-]. The van der Waals surface area contributed by atoms with Gasteiger partial charge in [-0.2, -0.15) is 0 Å². The number of hydrogen-bond acceptors (Lipinski definition) is 0. The molecule has 0 unspecified atom stereocenters. The van der Waals surface area contributed by atoms with Crippen molar-refractivity contribution in [1.29, 1.82) is 0 Å². The summed E-state index contributed by atoms with van der Waals surface area (Å²) in [6.07, 6.45) is 16.7. The van der Waals surface area contributed by atoms with Crippen molar-refractivity contribution >= 4 is 0 Å². The molecule has 0 fully saturated rings. The molecule has 0 amide bonds. The Labute approximate surface area is 145 Å². The second kappa shape index (κ2) is 15.6. The standard InChI is InChI=1S/C18H36N.HI/c1-5-8-9-10-11-12-13-14-15-18-19(4,16-6-2)17-7-3;/h6-7H,2-3,5,8-18H2,1,4H3;1H/q+1;/p-1. The van der Waals surface area contributed by atoms with Gasteiger partial charge in [-0.15, -0.1) is 0 Å². The minimum Gasteiger partial charge on any atom is -1.00 e. The molecule has 0 saturated heterocycles. The van der Waals surface area contributed by atoms with E-state index in [9.17, 15) is 0 Å². The van der Waals surface area contributed by atoms with Gasteiger partial charge < -0.3 is 28.5 Å². The van der Waals surface area contributed by atoms with E-state index in [1.165, 1.54) is 64.3 Å². The summed E-state index contributed by atoms with van der Waals surface area (Å²) in [5.74, 6) is 0. The highest BCUT2D eigenvalue weighted by molar-refractivity contribution is 4.70. The summed E-state index contributed by atoms with van der Waals surface area (Å²) in [5.41, 5.74) is 0. The van der Waals surface area contributed by atoms with Crippen LogP contribution in [0.3, 0.4) is 0 Å². The number of hydrogen-bond donors (Lipinski definition) is 0. The molecule has 2 heteroatoms. The van der Waals surface area contributed by atoms with Crippen molar-refractivity contribution in [1.82, 2.24) is 0 Å². The van der Waals surface area contributed by atoms with Crippen LogP contribution in [-0.2, 0) is 0 Å². The first kappa shape index (κ1) is 22.5. The lowest BCUT2D eigenvalue weighted by atomic mass is 10.1. The zero-order valence-corrected chi connectivity index (χ0v) is 16.0. The van der Waals surface area contributed by atoms with E-state index in [4.69, 9.17) is 0 Å². The van der Waals surface area contributed by atoms with E-state index < -0.39 is 0 Å². The summed E-state index contributed by atoms with van der Waals surface area (Å²) in [5, 5.41) is 0. The molecule has 0 aromatic rings. The molecule has 0 bridgehead atoms. The molecule has 120 valence electrons. The maximum Gasteiger partial charge on any atom is 0.0971 e. The molecule has 0 rings (SSSR count). The number of halogens is 1. The van der Waals surface area contributed by atoms with Crippen molar-refractivity contribution in [3.8, 4) is 0 Å². The smallest absolute Gasteiger partial charge is 0.0971 e. The zero-order chi connectivity index (χ0) is 14.4. The average molecular weight is 393 g/mol. The number of nitrogens with zero attached hydrogens (tertiary/aromatic N) is 1. The second-order valence-corrected chi connectivity index (χ2v) is 6.11. The van der Waals surface area contributed by atoms with Gasteiger partial charge in [0.15, 0.2) is 0 Å². The van der Waals surface area contributed by atoms with E-state index in [-0.39, 0.29) is 24.0 Å². The first-order valence-corrected chi connectivity index (χ1v) is 8.24. The van der Waals surface area contributed by atoms with Crippen LogP contribution < -0.4 is 24.0 Å². The molecule has 0 aromatic carbocycles. The summed E-state index contributed by atoms with van der Waals surface area (Å²) >= 11 is 0. The van der Waals surface area contributed by atoms with Crippen LogP contribution in [0.15, 0.2) is 25.3 Å². The molecule has 0 heterocycles. The number of rotatable bonds is 14. The minimum atomic E-state index is 0. The van der Waals surface area contributed by atoms with E-state index in [1.54, 1.807) is 0 Å². The molecular formula is C18H36IN. The van der Waals surface area contributed by atoms with Gasteiger partial charge in [-0.05, 0) is 25.0 Å². The maximum atomic E-state index is 3.87. The Morgan fingerprint density at radius 1 is 0.750 bits per heavy atom. The lowest BCUT2D eigenvalue weighted by Crippen LogP contribution is -3.00. The fraction of sp³-hybridized carbons (Fsp3) is 0.778. The van der Waals surface area contributed by atoms with E-state index in [0.29, 0.717) is 0 Å². The third kappa shape index (κ3) is 13.2. The number of likely N-dealkylation sites (N-methyl/N-ethyl adjacent to an activating group) is 1. The van der Waals surface area contributed by atoms with Gasteiger partial charge in [-0.3, -0.25) is 0 Å². The van der Waals surface area contributed by atoms with Crippen LogP contribution in [0.4, 0.5) is 0 Å². The molecule has 0 aliphatic carbocycles. The lowest BCUT2D eigenvalue weighted by Gasteiger charge is -2.32. The van der Waals surface area contributed by atoms with Crippen LogP contribution in [-0.4, -0.2) is 31.2 Å². The van der Waals surface area contributed by atoms with Gasteiger partial charge in [0, 0.05) is 0 Å². The Balaban J connectivity index is 0. The molecule has 0 atom stereocenters. The maximum absolute atomic E-state index is 3.87. The summed E-state index contributed by atoms with van der Waals surface area (Å²) in [4.78, 5) is 0. The zero-order valence-electron chi connectivity index (χ0n) is 13.9. The topological polar surface area (TPSA) is 0 Å². The molecular weight excluding hydrogens is 357 g/mol. The summed E-state index contributed by atoms with van der Waals surface area (Å²) in [6.45, 7) is 13.4. The second-order valence-electron chi connectivity index (χ2n) is 6.11. The normalized spacial score (nSPS) is 10.9. The quantitative estimate of drug-likeness (QED) is 0.184. The van der Waals surface area contributed by atoms with Crippen LogP contribution in [0.5, 0.6) is 0 Å². The molecule has 1 nitrogen and oxygen atoms in total. The highest BCUT2D eigenvalue weighted by Gasteiger charge is 2.16. The molecule has 0 aliphatic heterocycles. The van der Waals surface area contributed by atoms with Crippen molar-refractivity contribution in [2.75, 3.05) is 26.7 Å². The van der Waals surface area contributed by atoms with Crippen molar-refractivity contribution in [3.05, 3.63) is 25.3 Å². The van der Waals surface area contributed by atoms with Crippen molar-refractivity contribution < 1.29 is 28.5 Å². The molecule has 0 saturated carbocycles. The molecule has 0 radical (unpaired) electrons. The van der Waals surface area contributed by atoms with Crippen molar-refractivity contribution in [2.45, 2.75) is 64.7 Å². The van der Waals surface area contributed by atoms with Gasteiger partial charge in [0.1, 0.15) is 0 Å². The van der Waals surface area contributed by atoms with Crippen LogP contribution >= 0.6 is 0 Å². The molecule has 0 spiro atoms. The Kier molecular flexibility index (Phi) is 17.5. The van der Waals surface area contributed by atoms with Gasteiger partial charge in [-0.25, -0.2) is 0 Å². The highest BCUT2D eigenvalue weighted by atomic mass is 127. The largest absolute Gasteiger partial charge is 1.00 e. The predicted molar refractivity (Wildman–Crippen MR) is 88.4 cm³/mol. The third-order valence-corrected chi connectivity index (χ3v) is 3.94. The molecule has 0 N–H and O–H groups in total.